The topological polar surface area (TPSA) is 62.6 Å². The number of nitrogens with zero attached hydrogens (tertiary/aromatic N) is 1. The fourth-order valence-corrected chi connectivity index (χ4v) is 7.05. The number of carbonyl (C=O) groups is 2. The van der Waals surface area contributed by atoms with Crippen molar-refractivity contribution in [3.63, 3.8) is 0 Å². The second-order valence-electron chi connectivity index (χ2n) is 14.0. The third-order valence-corrected chi connectivity index (χ3v) is 9.92. The molecule has 1 fully saturated rings. The first-order chi connectivity index (χ1) is 21.0. The third-order valence-electron chi connectivity index (χ3n) is 9.92. The van der Waals surface area contributed by atoms with Crippen LogP contribution in [0, 0.1) is 6.92 Å². The molecule has 5 heteroatoms. The van der Waals surface area contributed by atoms with Crippen molar-refractivity contribution in [2.75, 3.05) is 6.54 Å². The molecule has 0 radical (unpaired) electrons. The van der Waals surface area contributed by atoms with E-state index in [2.05, 4.69) is 52.1 Å². The third kappa shape index (κ3) is 5.85. The molecule has 2 amide bonds. The zero-order valence-electron chi connectivity index (χ0n) is 26.7. The summed E-state index contributed by atoms with van der Waals surface area (Å²) in [6.45, 7) is 12.1. The van der Waals surface area contributed by atoms with Crippen LogP contribution in [-0.4, -0.2) is 29.3 Å². The first-order valence-electron chi connectivity index (χ1n) is 16.0. The lowest BCUT2D eigenvalue weighted by Gasteiger charge is -2.42. The molecule has 0 bridgehead atoms. The molecule has 6 rings (SSSR count). The molecule has 228 valence electrons. The monoisotopic (exact) mass is 588 g/mol. The predicted octanol–water partition coefficient (Wildman–Crippen LogP) is 8.04. The van der Waals surface area contributed by atoms with Crippen molar-refractivity contribution in [1.29, 1.82) is 0 Å². The van der Waals surface area contributed by atoms with Crippen molar-refractivity contribution in [2.24, 2.45) is 0 Å². The number of aryl methyl sites for hydroxylation is 1. The van der Waals surface area contributed by atoms with Crippen LogP contribution in [0.1, 0.15) is 109 Å². The van der Waals surface area contributed by atoms with Crippen molar-refractivity contribution in [3.05, 3.63) is 130 Å². The van der Waals surface area contributed by atoms with E-state index in [1.807, 2.05) is 66.7 Å². The van der Waals surface area contributed by atoms with Crippen molar-refractivity contribution >= 4 is 11.8 Å². The highest BCUT2D eigenvalue weighted by molar-refractivity contribution is 5.96. The molecule has 1 saturated heterocycles. The van der Waals surface area contributed by atoms with Crippen LogP contribution in [0.15, 0.2) is 89.3 Å². The zero-order valence-corrected chi connectivity index (χ0v) is 26.7. The SMILES string of the molecule is Cc1cc2c(cc1Cc1ccc(C(=O)N3CCC[C@@H]3C(=O)NC(c3ccccc3)c3ccccc3)o1)C(C)(C)CCC2(C)C. The van der Waals surface area contributed by atoms with Crippen LogP contribution in [0.2, 0.25) is 0 Å². The van der Waals surface area contributed by atoms with E-state index < -0.39 is 6.04 Å². The van der Waals surface area contributed by atoms with Crippen LogP contribution in [0.25, 0.3) is 0 Å². The first kappa shape index (κ1) is 29.9. The van der Waals surface area contributed by atoms with E-state index in [4.69, 9.17) is 4.42 Å². The lowest BCUT2D eigenvalue weighted by atomic mass is 9.62. The molecule has 2 heterocycles. The van der Waals surface area contributed by atoms with Gasteiger partial charge < -0.3 is 14.6 Å². The molecular weight excluding hydrogens is 544 g/mol. The Morgan fingerprint density at radius 1 is 0.864 bits per heavy atom. The van der Waals surface area contributed by atoms with Gasteiger partial charge in [0.15, 0.2) is 5.76 Å². The predicted molar refractivity (Wildman–Crippen MR) is 175 cm³/mol. The molecule has 1 aliphatic carbocycles. The van der Waals surface area contributed by atoms with E-state index >= 15 is 0 Å². The summed E-state index contributed by atoms with van der Waals surface area (Å²) < 4.78 is 6.18. The Morgan fingerprint density at radius 2 is 1.45 bits per heavy atom. The number of carbonyl (C=O) groups excluding carboxylic acids is 2. The molecule has 0 unspecified atom stereocenters. The average molecular weight is 589 g/mol. The summed E-state index contributed by atoms with van der Waals surface area (Å²) in [5, 5.41) is 3.25. The van der Waals surface area contributed by atoms with Gasteiger partial charge in [0.2, 0.25) is 5.91 Å². The van der Waals surface area contributed by atoms with Crippen molar-refractivity contribution in [2.45, 2.75) is 89.6 Å². The van der Waals surface area contributed by atoms with Crippen LogP contribution in [0.4, 0.5) is 0 Å². The van der Waals surface area contributed by atoms with Gasteiger partial charge in [-0.2, -0.15) is 0 Å². The summed E-state index contributed by atoms with van der Waals surface area (Å²) in [6.07, 6.45) is 4.38. The Balaban J connectivity index is 1.19. The van der Waals surface area contributed by atoms with Gasteiger partial charge in [0.05, 0.1) is 6.04 Å². The Bertz CT molecular complexity index is 1610. The van der Waals surface area contributed by atoms with Crippen LogP contribution < -0.4 is 5.32 Å². The molecule has 0 spiro atoms. The molecule has 2 aliphatic rings. The van der Waals surface area contributed by atoms with Crippen molar-refractivity contribution < 1.29 is 14.0 Å². The molecule has 1 aromatic heterocycles. The number of fused-ring (bicyclic) bond motifs is 1. The fraction of sp³-hybridized carbons (Fsp3) is 0.385. The molecule has 1 aliphatic heterocycles. The van der Waals surface area contributed by atoms with Gasteiger partial charge in [-0.25, -0.2) is 0 Å². The number of amides is 2. The normalized spacial score (nSPS) is 18.7. The average Bonchev–Trinajstić information content (AvgIpc) is 3.70. The number of hydrogen-bond donors (Lipinski definition) is 1. The molecular formula is C39H44N2O3. The maximum atomic E-state index is 13.7. The van der Waals surface area contributed by atoms with E-state index in [9.17, 15) is 9.59 Å². The highest BCUT2D eigenvalue weighted by Gasteiger charge is 2.38. The van der Waals surface area contributed by atoms with Crippen LogP contribution in [-0.2, 0) is 22.0 Å². The van der Waals surface area contributed by atoms with Gasteiger partial charge in [-0.05, 0) is 89.0 Å². The Kier molecular flexibility index (Phi) is 8.00. The van der Waals surface area contributed by atoms with Gasteiger partial charge in [-0.3, -0.25) is 9.59 Å². The zero-order chi connectivity index (χ0) is 31.1. The van der Waals surface area contributed by atoms with Crippen LogP contribution in [0.3, 0.4) is 0 Å². The minimum atomic E-state index is -0.542. The van der Waals surface area contributed by atoms with Crippen molar-refractivity contribution in [1.82, 2.24) is 10.2 Å². The van der Waals surface area contributed by atoms with Gasteiger partial charge in [-0.15, -0.1) is 0 Å². The minimum Gasteiger partial charge on any atom is -0.456 e. The minimum absolute atomic E-state index is 0.128. The van der Waals surface area contributed by atoms with E-state index in [-0.39, 0.29) is 28.7 Å². The van der Waals surface area contributed by atoms with Gasteiger partial charge >= 0.3 is 0 Å². The summed E-state index contributed by atoms with van der Waals surface area (Å²) in [7, 11) is 0. The first-order valence-corrected chi connectivity index (χ1v) is 16.0. The second kappa shape index (κ2) is 11.8. The molecule has 4 aromatic rings. The smallest absolute Gasteiger partial charge is 0.290 e. The van der Waals surface area contributed by atoms with Crippen LogP contribution in [0.5, 0.6) is 0 Å². The summed E-state index contributed by atoms with van der Waals surface area (Å²) >= 11 is 0. The van der Waals surface area contributed by atoms with Gasteiger partial charge in [0.1, 0.15) is 11.8 Å². The Labute approximate surface area is 261 Å². The summed E-state index contributed by atoms with van der Waals surface area (Å²) in [5.74, 6) is 0.683. The molecule has 44 heavy (non-hydrogen) atoms. The summed E-state index contributed by atoms with van der Waals surface area (Å²) in [4.78, 5) is 29.1. The quantitative estimate of drug-likeness (QED) is 0.238. The largest absolute Gasteiger partial charge is 0.456 e. The highest BCUT2D eigenvalue weighted by atomic mass is 16.4. The maximum Gasteiger partial charge on any atom is 0.290 e. The van der Waals surface area contributed by atoms with E-state index in [0.29, 0.717) is 25.1 Å². The fourth-order valence-electron chi connectivity index (χ4n) is 7.05. The number of nitrogens with one attached hydrogen (secondary N) is 1. The lowest BCUT2D eigenvalue weighted by molar-refractivity contribution is -0.125. The summed E-state index contributed by atoms with van der Waals surface area (Å²) in [6, 6.07) is 27.5. The summed E-state index contributed by atoms with van der Waals surface area (Å²) in [5.41, 5.74) is 7.65. The van der Waals surface area contributed by atoms with E-state index in [0.717, 1.165) is 29.7 Å². The number of likely N-dealkylation sites (tertiary alicyclic amines) is 1. The highest BCUT2D eigenvalue weighted by Crippen LogP contribution is 2.46. The van der Waals surface area contributed by atoms with Gasteiger partial charge in [-0.1, -0.05) is 100 Å². The number of benzene rings is 3. The molecule has 1 atom stereocenters. The number of rotatable bonds is 7. The van der Waals surface area contributed by atoms with Gasteiger partial charge in [0.25, 0.3) is 5.91 Å². The standard InChI is InChI=1S/C39H44N2O3/c1-26-23-31-32(39(4,5)21-20-38(31,2)3)25-29(26)24-30-18-19-34(44-30)37(43)41-22-12-17-33(41)36(42)40-35(27-13-8-6-9-14-27)28-15-10-7-11-16-28/h6-11,13-16,18-19,23,25,33,35H,12,17,20-22,24H2,1-5H3,(H,40,42)/t33-/m1/s1. The lowest BCUT2D eigenvalue weighted by Crippen LogP contribution is -2.47. The second-order valence-corrected chi connectivity index (χ2v) is 14.0. The Morgan fingerprint density at radius 3 is 2.07 bits per heavy atom. The number of furan rings is 1. The van der Waals surface area contributed by atoms with Gasteiger partial charge in [0, 0.05) is 13.0 Å². The molecule has 0 saturated carbocycles. The molecule has 3 aromatic carbocycles. The van der Waals surface area contributed by atoms with Crippen molar-refractivity contribution in [3.8, 4) is 0 Å². The number of hydrogen-bond acceptors (Lipinski definition) is 3. The molecule has 5 nitrogen and oxygen atoms in total. The van der Waals surface area contributed by atoms with E-state index in [1.54, 1.807) is 11.0 Å². The molecule has 1 N–H and O–H groups in total. The Hall–Kier alpha value is -4.12. The maximum absolute atomic E-state index is 13.7. The van der Waals surface area contributed by atoms with Crippen LogP contribution >= 0.6 is 0 Å². The van der Waals surface area contributed by atoms with E-state index in [1.165, 1.54) is 28.7 Å².